The number of nitrogens with zero attached hydrogens (tertiary/aromatic N) is 2. The lowest BCUT2D eigenvalue weighted by atomic mass is 10.2. The van der Waals surface area contributed by atoms with Crippen LogP contribution in [-0.2, 0) is 6.42 Å². The van der Waals surface area contributed by atoms with Crippen molar-refractivity contribution >= 4 is 27.6 Å². The molecule has 2 N–H and O–H groups in total. The largest absolute Gasteiger partial charge is 0.478 e. The number of rotatable bonds is 5. The van der Waals surface area contributed by atoms with E-state index in [4.69, 9.17) is 5.11 Å². The smallest absolute Gasteiger partial charge is 0.336 e. The van der Waals surface area contributed by atoms with E-state index in [0.717, 1.165) is 0 Å². The van der Waals surface area contributed by atoms with Gasteiger partial charge in [0.05, 0.1) is 15.7 Å². The molecular formula is C11H9BrFN3O3. The van der Waals surface area contributed by atoms with Crippen molar-refractivity contribution in [3.05, 3.63) is 40.2 Å². The van der Waals surface area contributed by atoms with Crippen molar-refractivity contribution < 1.29 is 18.8 Å². The molecule has 0 spiro atoms. The highest BCUT2D eigenvalue weighted by molar-refractivity contribution is 9.10. The van der Waals surface area contributed by atoms with Crippen LogP contribution < -0.4 is 5.32 Å². The number of nitrogens with one attached hydrogen (secondary N) is 1. The van der Waals surface area contributed by atoms with Gasteiger partial charge in [-0.25, -0.2) is 9.18 Å². The topological polar surface area (TPSA) is 88.2 Å². The van der Waals surface area contributed by atoms with Crippen molar-refractivity contribution in [1.29, 1.82) is 0 Å². The number of aromatic carboxylic acids is 1. The molecule has 0 radical (unpaired) electrons. The Morgan fingerprint density at radius 1 is 1.53 bits per heavy atom. The van der Waals surface area contributed by atoms with Crippen LogP contribution in [-0.4, -0.2) is 27.8 Å². The van der Waals surface area contributed by atoms with Crippen molar-refractivity contribution in [1.82, 2.24) is 10.1 Å². The van der Waals surface area contributed by atoms with E-state index in [-0.39, 0.29) is 15.7 Å². The molecule has 0 unspecified atom stereocenters. The van der Waals surface area contributed by atoms with Crippen molar-refractivity contribution in [2.24, 2.45) is 0 Å². The molecule has 0 aliphatic heterocycles. The molecule has 0 aliphatic rings. The highest BCUT2D eigenvalue weighted by Crippen LogP contribution is 2.27. The summed E-state index contributed by atoms with van der Waals surface area (Å²) in [6.07, 6.45) is 1.68. The SMILES string of the molecule is O=C(O)c1ccc(NCCc2ncon2)c(F)c1Br. The van der Waals surface area contributed by atoms with E-state index >= 15 is 0 Å². The molecule has 0 saturated heterocycles. The fourth-order valence-corrected chi connectivity index (χ4v) is 1.98. The van der Waals surface area contributed by atoms with E-state index in [1.807, 2.05) is 0 Å². The average molecular weight is 330 g/mol. The van der Waals surface area contributed by atoms with Crippen LogP contribution in [0.25, 0.3) is 0 Å². The third-order valence-corrected chi connectivity index (χ3v) is 3.16. The maximum Gasteiger partial charge on any atom is 0.336 e. The third kappa shape index (κ3) is 3.08. The molecular weight excluding hydrogens is 321 g/mol. The lowest BCUT2D eigenvalue weighted by Crippen LogP contribution is -2.09. The van der Waals surface area contributed by atoms with Crippen LogP contribution in [0.1, 0.15) is 16.2 Å². The number of halogens is 2. The summed E-state index contributed by atoms with van der Waals surface area (Å²) >= 11 is 2.93. The normalized spacial score (nSPS) is 10.4. The van der Waals surface area contributed by atoms with Crippen LogP contribution >= 0.6 is 15.9 Å². The third-order valence-electron chi connectivity index (χ3n) is 2.38. The molecule has 0 amide bonds. The lowest BCUT2D eigenvalue weighted by Gasteiger charge is -2.09. The summed E-state index contributed by atoms with van der Waals surface area (Å²) in [6.45, 7) is 0.398. The summed E-state index contributed by atoms with van der Waals surface area (Å²) in [6, 6.07) is 2.70. The minimum atomic E-state index is -1.19. The van der Waals surface area contributed by atoms with Gasteiger partial charge in [-0.1, -0.05) is 5.16 Å². The summed E-state index contributed by atoms with van der Waals surface area (Å²) in [7, 11) is 0. The van der Waals surface area contributed by atoms with Crippen LogP contribution in [0, 0.1) is 5.82 Å². The van der Waals surface area contributed by atoms with E-state index in [1.165, 1.54) is 18.5 Å². The van der Waals surface area contributed by atoms with Gasteiger partial charge in [-0.3, -0.25) is 0 Å². The number of carboxylic acid groups (broad SMARTS) is 1. The van der Waals surface area contributed by atoms with Gasteiger partial charge in [0.1, 0.15) is 0 Å². The molecule has 1 heterocycles. The molecule has 1 aromatic heterocycles. The Bertz CT molecular complexity index is 589. The van der Waals surface area contributed by atoms with Crippen molar-refractivity contribution in [2.75, 3.05) is 11.9 Å². The molecule has 0 fully saturated rings. The van der Waals surface area contributed by atoms with Gasteiger partial charge in [0.2, 0.25) is 6.39 Å². The zero-order chi connectivity index (χ0) is 13.8. The first kappa shape index (κ1) is 13.5. The van der Waals surface area contributed by atoms with Crippen LogP contribution in [0.5, 0.6) is 0 Å². The number of hydrogen-bond donors (Lipinski definition) is 2. The van der Waals surface area contributed by atoms with Gasteiger partial charge in [-0.2, -0.15) is 4.98 Å². The van der Waals surface area contributed by atoms with Crippen molar-refractivity contribution in [3.8, 4) is 0 Å². The molecule has 0 aliphatic carbocycles. The van der Waals surface area contributed by atoms with Crippen LogP contribution in [0.2, 0.25) is 0 Å². The van der Waals surface area contributed by atoms with Crippen molar-refractivity contribution in [2.45, 2.75) is 6.42 Å². The average Bonchev–Trinajstić information content (AvgIpc) is 2.87. The summed E-state index contributed by atoms with van der Waals surface area (Å²) in [5.74, 6) is -1.33. The zero-order valence-electron chi connectivity index (χ0n) is 9.56. The fraction of sp³-hybridized carbons (Fsp3) is 0.182. The van der Waals surface area contributed by atoms with Gasteiger partial charge < -0.3 is 14.9 Å². The number of hydrogen-bond acceptors (Lipinski definition) is 5. The summed E-state index contributed by atoms with van der Waals surface area (Å²) in [4.78, 5) is 14.6. The highest BCUT2D eigenvalue weighted by atomic mass is 79.9. The minimum absolute atomic E-state index is 0.0791. The fourth-order valence-electron chi connectivity index (χ4n) is 1.46. The molecule has 1 aromatic carbocycles. The van der Waals surface area contributed by atoms with Gasteiger partial charge in [0.25, 0.3) is 0 Å². The number of carboxylic acids is 1. The van der Waals surface area contributed by atoms with E-state index in [0.29, 0.717) is 18.8 Å². The maximum atomic E-state index is 13.9. The van der Waals surface area contributed by atoms with Gasteiger partial charge in [-0.05, 0) is 28.1 Å². The molecule has 2 aromatic rings. The van der Waals surface area contributed by atoms with Gasteiger partial charge in [0.15, 0.2) is 11.6 Å². The van der Waals surface area contributed by atoms with Gasteiger partial charge >= 0.3 is 5.97 Å². The van der Waals surface area contributed by atoms with E-state index in [2.05, 4.69) is 35.9 Å². The zero-order valence-corrected chi connectivity index (χ0v) is 11.1. The summed E-state index contributed by atoms with van der Waals surface area (Å²) in [5, 5.41) is 15.3. The molecule has 6 nitrogen and oxygen atoms in total. The Kier molecular flexibility index (Phi) is 4.10. The summed E-state index contributed by atoms with van der Waals surface area (Å²) in [5.41, 5.74) is 0.0848. The van der Waals surface area contributed by atoms with Crippen LogP contribution in [0.15, 0.2) is 27.5 Å². The first-order valence-electron chi connectivity index (χ1n) is 5.30. The van der Waals surface area contributed by atoms with Crippen LogP contribution in [0.3, 0.4) is 0 Å². The van der Waals surface area contributed by atoms with Crippen molar-refractivity contribution in [3.63, 3.8) is 0 Å². The second-order valence-electron chi connectivity index (χ2n) is 3.62. The number of anilines is 1. The Morgan fingerprint density at radius 3 is 2.95 bits per heavy atom. The van der Waals surface area contributed by atoms with Crippen LogP contribution in [0.4, 0.5) is 10.1 Å². The Morgan fingerprint density at radius 2 is 2.32 bits per heavy atom. The van der Waals surface area contributed by atoms with E-state index < -0.39 is 11.8 Å². The Labute approximate surface area is 115 Å². The molecule has 19 heavy (non-hydrogen) atoms. The predicted molar refractivity (Wildman–Crippen MR) is 67.6 cm³/mol. The summed E-state index contributed by atoms with van der Waals surface area (Å²) < 4.78 is 18.4. The number of aromatic nitrogens is 2. The lowest BCUT2D eigenvalue weighted by molar-refractivity contribution is 0.0695. The highest BCUT2D eigenvalue weighted by Gasteiger charge is 2.15. The Hall–Kier alpha value is -1.96. The second-order valence-corrected chi connectivity index (χ2v) is 4.41. The molecule has 2 rings (SSSR count). The van der Waals surface area contributed by atoms with E-state index in [9.17, 15) is 9.18 Å². The molecule has 0 saturated carbocycles. The monoisotopic (exact) mass is 329 g/mol. The minimum Gasteiger partial charge on any atom is -0.478 e. The quantitative estimate of drug-likeness (QED) is 0.875. The maximum absolute atomic E-state index is 13.9. The number of benzene rings is 1. The van der Waals surface area contributed by atoms with E-state index in [1.54, 1.807) is 0 Å². The molecule has 0 atom stereocenters. The molecule has 0 bridgehead atoms. The second kappa shape index (κ2) is 5.79. The van der Waals surface area contributed by atoms with Gasteiger partial charge in [0, 0.05) is 13.0 Å². The first-order valence-corrected chi connectivity index (χ1v) is 6.09. The van der Waals surface area contributed by atoms with Gasteiger partial charge in [-0.15, -0.1) is 0 Å². The standard InChI is InChI=1S/C11H9BrFN3O3/c12-9-6(11(17)18)1-2-7(10(9)13)14-4-3-8-15-5-19-16-8/h1-2,5,14H,3-4H2,(H,17,18). The predicted octanol–water partition coefficient (Wildman–Crippen LogP) is 2.32. The molecule has 8 heteroatoms. The number of carbonyl (C=O) groups is 1. The first-order chi connectivity index (χ1) is 9.09. The molecule has 100 valence electrons. The Balaban J connectivity index is 2.05.